The number of carbonyl (C=O) groups excluding carboxylic acids is 2. The van der Waals surface area contributed by atoms with Crippen LogP contribution in [0.25, 0.3) is 0 Å². The predicted molar refractivity (Wildman–Crippen MR) is 61.4 cm³/mol. The zero-order valence-corrected chi connectivity index (χ0v) is 8.69. The van der Waals surface area contributed by atoms with Crippen LogP contribution in [0.15, 0.2) is 24.3 Å². The summed E-state index contributed by atoms with van der Waals surface area (Å²) in [5, 5.41) is 2.52. The number of hydrogen-bond donors (Lipinski definition) is 2. The van der Waals surface area contributed by atoms with Gasteiger partial charge < -0.3 is 11.1 Å². The molecule has 1 aromatic rings. The lowest BCUT2D eigenvalue weighted by Gasteiger charge is -2.03. The Morgan fingerprint density at radius 1 is 1.31 bits per heavy atom. The second-order valence-electron chi connectivity index (χ2n) is 3.26. The van der Waals surface area contributed by atoms with Crippen LogP contribution >= 0.6 is 0 Å². The molecule has 82 valence electrons. The molecule has 16 heavy (non-hydrogen) atoms. The maximum absolute atomic E-state index is 10.9. The molecule has 1 rings (SSSR count). The Morgan fingerprint density at radius 2 is 1.94 bits per heavy atom. The minimum Gasteiger partial charge on any atom is -0.370 e. The average Bonchev–Trinajstić information content (AvgIpc) is 2.28. The van der Waals surface area contributed by atoms with Crippen LogP contribution in [0, 0.1) is 12.3 Å². The molecule has 1 aromatic carbocycles. The maximum atomic E-state index is 10.9. The first kappa shape index (κ1) is 11.8. The van der Waals surface area contributed by atoms with Gasteiger partial charge in [0.15, 0.2) is 0 Å². The molecule has 4 heteroatoms. The van der Waals surface area contributed by atoms with Crippen LogP contribution < -0.4 is 11.1 Å². The second kappa shape index (κ2) is 5.56. The van der Waals surface area contributed by atoms with Crippen molar-refractivity contribution in [1.82, 2.24) is 0 Å². The molecule has 0 bridgehead atoms. The van der Waals surface area contributed by atoms with E-state index < -0.39 is 5.91 Å². The first-order chi connectivity index (χ1) is 7.61. The maximum Gasteiger partial charge on any atom is 0.300 e. The fraction of sp³-hybridized carbons (Fsp3) is 0.167. The normalized spacial score (nSPS) is 9.19. The van der Waals surface area contributed by atoms with E-state index in [0.29, 0.717) is 18.5 Å². The van der Waals surface area contributed by atoms with Crippen LogP contribution in [0.5, 0.6) is 0 Å². The van der Waals surface area contributed by atoms with Gasteiger partial charge in [-0.1, -0.05) is 12.1 Å². The van der Waals surface area contributed by atoms with Crippen LogP contribution in [0.2, 0.25) is 0 Å². The van der Waals surface area contributed by atoms with E-state index in [9.17, 15) is 9.59 Å². The fourth-order valence-electron chi connectivity index (χ4n) is 1.19. The van der Waals surface area contributed by atoms with Crippen molar-refractivity contribution in [3.63, 3.8) is 0 Å². The van der Waals surface area contributed by atoms with Crippen molar-refractivity contribution in [2.45, 2.75) is 12.8 Å². The summed E-state index contributed by atoms with van der Waals surface area (Å²) in [7, 11) is 0. The van der Waals surface area contributed by atoms with Gasteiger partial charge in [0, 0.05) is 12.1 Å². The number of aryl methyl sites for hydroxylation is 1. The third-order valence-corrected chi connectivity index (χ3v) is 2.00. The predicted octanol–water partition coefficient (Wildman–Crippen LogP) is 0.676. The Labute approximate surface area is 93.8 Å². The number of carbonyl (C=O) groups is 2. The monoisotopic (exact) mass is 216 g/mol. The molecule has 0 aliphatic carbocycles. The molecule has 0 aliphatic heterocycles. The van der Waals surface area contributed by atoms with Crippen molar-refractivity contribution in [1.29, 1.82) is 0 Å². The summed E-state index contributed by atoms with van der Waals surface area (Å²) in [5.41, 5.74) is 6.65. The zero-order valence-electron chi connectivity index (χ0n) is 8.69. The standard InChI is InChI=1S/C12H12N2O2/c1-2-12(16)14-10-6-3-9(4-7-10)5-8-11(13)15/h1,3-4,6-7H,5,8H2,(H2,13,15)(H,14,16). The zero-order chi connectivity index (χ0) is 12.0. The third-order valence-electron chi connectivity index (χ3n) is 2.00. The number of terminal acetylenes is 1. The molecule has 0 saturated carbocycles. The lowest BCUT2D eigenvalue weighted by Crippen LogP contribution is -2.11. The SMILES string of the molecule is C#CC(=O)Nc1ccc(CCC(N)=O)cc1. The summed E-state index contributed by atoms with van der Waals surface area (Å²) in [6.07, 6.45) is 5.83. The molecular formula is C12H12N2O2. The van der Waals surface area contributed by atoms with Gasteiger partial charge in [0.25, 0.3) is 5.91 Å². The van der Waals surface area contributed by atoms with E-state index in [0.717, 1.165) is 5.56 Å². The lowest BCUT2D eigenvalue weighted by atomic mass is 10.1. The first-order valence-corrected chi connectivity index (χ1v) is 4.76. The number of nitrogens with two attached hydrogens (primary N) is 1. The second-order valence-corrected chi connectivity index (χ2v) is 3.26. The van der Waals surface area contributed by atoms with Crippen LogP contribution in [0.1, 0.15) is 12.0 Å². The number of amides is 2. The Bertz CT molecular complexity index is 429. The summed E-state index contributed by atoms with van der Waals surface area (Å²) >= 11 is 0. The number of nitrogens with one attached hydrogen (secondary N) is 1. The minimum atomic E-state index is -0.482. The van der Waals surface area contributed by atoms with E-state index in [1.165, 1.54) is 0 Å². The minimum absolute atomic E-state index is 0.316. The molecule has 0 fully saturated rings. The number of rotatable bonds is 4. The molecule has 0 radical (unpaired) electrons. The Balaban J connectivity index is 2.58. The third kappa shape index (κ3) is 3.84. The molecule has 0 aliphatic rings. The first-order valence-electron chi connectivity index (χ1n) is 4.76. The topological polar surface area (TPSA) is 72.2 Å². The van der Waals surface area contributed by atoms with Gasteiger partial charge in [0.1, 0.15) is 0 Å². The lowest BCUT2D eigenvalue weighted by molar-refractivity contribution is -0.118. The Morgan fingerprint density at radius 3 is 2.44 bits per heavy atom. The van der Waals surface area contributed by atoms with E-state index in [4.69, 9.17) is 12.2 Å². The molecule has 2 amide bonds. The molecule has 0 atom stereocenters. The highest BCUT2D eigenvalue weighted by molar-refractivity contribution is 6.03. The summed E-state index contributed by atoms with van der Waals surface area (Å²) in [4.78, 5) is 21.4. The molecular weight excluding hydrogens is 204 g/mol. The van der Waals surface area contributed by atoms with Crippen molar-refractivity contribution in [3.8, 4) is 12.3 Å². The van der Waals surface area contributed by atoms with Crippen molar-refractivity contribution in [3.05, 3.63) is 29.8 Å². The van der Waals surface area contributed by atoms with Gasteiger partial charge in [-0.3, -0.25) is 9.59 Å². The van der Waals surface area contributed by atoms with Gasteiger partial charge in [0.2, 0.25) is 5.91 Å². The van der Waals surface area contributed by atoms with Gasteiger partial charge in [-0.05, 0) is 30.0 Å². The van der Waals surface area contributed by atoms with E-state index >= 15 is 0 Å². The molecule has 4 nitrogen and oxygen atoms in total. The molecule has 0 aromatic heterocycles. The fourth-order valence-corrected chi connectivity index (χ4v) is 1.19. The largest absolute Gasteiger partial charge is 0.370 e. The number of anilines is 1. The Hall–Kier alpha value is -2.28. The van der Waals surface area contributed by atoms with Crippen LogP contribution in [0.3, 0.4) is 0 Å². The van der Waals surface area contributed by atoms with Crippen LogP contribution in [-0.4, -0.2) is 11.8 Å². The quantitative estimate of drug-likeness (QED) is 0.726. The van der Waals surface area contributed by atoms with E-state index in [-0.39, 0.29) is 5.91 Å². The van der Waals surface area contributed by atoms with Crippen LogP contribution in [0.4, 0.5) is 5.69 Å². The number of primary amides is 1. The van der Waals surface area contributed by atoms with Gasteiger partial charge in [-0.2, -0.15) is 0 Å². The summed E-state index contributed by atoms with van der Waals surface area (Å²) < 4.78 is 0. The molecule has 0 heterocycles. The number of benzene rings is 1. The molecule has 0 spiro atoms. The van der Waals surface area contributed by atoms with E-state index in [2.05, 4.69) is 5.32 Å². The molecule has 3 N–H and O–H groups in total. The highest BCUT2D eigenvalue weighted by Crippen LogP contribution is 2.10. The van der Waals surface area contributed by atoms with Crippen molar-refractivity contribution < 1.29 is 9.59 Å². The smallest absolute Gasteiger partial charge is 0.300 e. The summed E-state index contributed by atoms with van der Waals surface area (Å²) in [6.45, 7) is 0. The summed E-state index contributed by atoms with van der Waals surface area (Å²) in [6, 6.07) is 7.08. The average molecular weight is 216 g/mol. The Kier molecular flexibility index (Phi) is 4.10. The van der Waals surface area contributed by atoms with Crippen LogP contribution in [-0.2, 0) is 16.0 Å². The number of hydrogen-bond acceptors (Lipinski definition) is 2. The van der Waals surface area contributed by atoms with Crippen molar-refractivity contribution >= 4 is 17.5 Å². The van der Waals surface area contributed by atoms with Crippen molar-refractivity contribution in [2.24, 2.45) is 5.73 Å². The van der Waals surface area contributed by atoms with E-state index in [1.807, 2.05) is 18.1 Å². The van der Waals surface area contributed by atoms with Gasteiger partial charge >= 0.3 is 0 Å². The van der Waals surface area contributed by atoms with E-state index in [1.54, 1.807) is 12.1 Å². The summed E-state index contributed by atoms with van der Waals surface area (Å²) in [5.74, 6) is 1.15. The van der Waals surface area contributed by atoms with Gasteiger partial charge in [0.05, 0.1) is 0 Å². The van der Waals surface area contributed by atoms with Crippen molar-refractivity contribution in [2.75, 3.05) is 5.32 Å². The molecule has 0 unspecified atom stereocenters. The highest BCUT2D eigenvalue weighted by atomic mass is 16.1. The van der Waals surface area contributed by atoms with Gasteiger partial charge in [-0.15, -0.1) is 6.42 Å². The highest BCUT2D eigenvalue weighted by Gasteiger charge is 1.99. The molecule has 0 saturated heterocycles. The van der Waals surface area contributed by atoms with Gasteiger partial charge in [-0.25, -0.2) is 0 Å².